The van der Waals surface area contributed by atoms with Crippen molar-refractivity contribution in [2.75, 3.05) is 13.6 Å². The number of hydrogen-bond donors (Lipinski definition) is 2. The fourth-order valence-electron chi connectivity index (χ4n) is 1.70. The molecule has 1 rings (SSSR count). The Labute approximate surface area is 107 Å². The normalized spacial score (nSPS) is 17.4. The van der Waals surface area contributed by atoms with Gasteiger partial charge < -0.3 is 15.3 Å². The van der Waals surface area contributed by atoms with E-state index < -0.39 is 18.0 Å². The third kappa shape index (κ3) is 4.62. The van der Waals surface area contributed by atoms with E-state index in [0.29, 0.717) is 12.3 Å². The molecule has 0 bridgehead atoms. The third-order valence-corrected chi connectivity index (χ3v) is 2.98. The van der Waals surface area contributed by atoms with Gasteiger partial charge in [-0.2, -0.15) is 5.26 Å². The highest BCUT2D eigenvalue weighted by atomic mass is 16.4. The van der Waals surface area contributed by atoms with Gasteiger partial charge in [0.1, 0.15) is 6.04 Å². The first-order valence-corrected chi connectivity index (χ1v) is 6.08. The number of aliphatic carboxylic acids is 1. The van der Waals surface area contributed by atoms with Gasteiger partial charge in [0.25, 0.3) is 0 Å². The van der Waals surface area contributed by atoms with Gasteiger partial charge in [-0.15, -0.1) is 0 Å². The SMILES string of the molecule is CC(C#N)CN(C)C(=O)NC(CC1CC1)C(=O)O. The Balaban J connectivity index is 2.44. The fraction of sp³-hybridized carbons (Fsp3) is 0.750. The van der Waals surface area contributed by atoms with Crippen molar-refractivity contribution in [3.05, 3.63) is 0 Å². The summed E-state index contributed by atoms with van der Waals surface area (Å²) in [6.07, 6.45) is 2.57. The van der Waals surface area contributed by atoms with Gasteiger partial charge in [0.2, 0.25) is 0 Å². The van der Waals surface area contributed by atoms with Gasteiger partial charge in [0.05, 0.1) is 12.0 Å². The molecule has 100 valence electrons. The number of carboxylic acids is 1. The molecule has 6 nitrogen and oxygen atoms in total. The zero-order valence-electron chi connectivity index (χ0n) is 10.7. The van der Waals surface area contributed by atoms with Crippen molar-refractivity contribution in [3.8, 4) is 6.07 Å². The number of amides is 2. The number of carboxylic acid groups (broad SMARTS) is 1. The summed E-state index contributed by atoms with van der Waals surface area (Å²) in [6, 6.07) is 0.762. The predicted molar refractivity (Wildman–Crippen MR) is 64.7 cm³/mol. The van der Waals surface area contributed by atoms with E-state index in [-0.39, 0.29) is 12.5 Å². The Bertz CT molecular complexity index is 360. The van der Waals surface area contributed by atoms with Crippen LogP contribution in [0, 0.1) is 23.2 Å². The van der Waals surface area contributed by atoms with Gasteiger partial charge in [-0.1, -0.05) is 12.8 Å². The van der Waals surface area contributed by atoms with E-state index in [0.717, 1.165) is 12.8 Å². The van der Waals surface area contributed by atoms with E-state index >= 15 is 0 Å². The minimum absolute atomic E-state index is 0.271. The monoisotopic (exact) mass is 253 g/mol. The van der Waals surface area contributed by atoms with Gasteiger partial charge >= 0.3 is 12.0 Å². The number of nitrogens with one attached hydrogen (secondary N) is 1. The molecule has 0 aliphatic heterocycles. The van der Waals surface area contributed by atoms with Crippen molar-refractivity contribution in [2.24, 2.45) is 11.8 Å². The zero-order valence-corrected chi connectivity index (χ0v) is 10.7. The van der Waals surface area contributed by atoms with Crippen LogP contribution in [0.3, 0.4) is 0 Å². The van der Waals surface area contributed by atoms with E-state index in [9.17, 15) is 9.59 Å². The molecule has 0 heterocycles. The number of carbonyl (C=O) groups excluding carboxylic acids is 1. The molecule has 0 aromatic rings. The van der Waals surface area contributed by atoms with Gasteiger partial charge in [-0.05, 0) is 19.3 Å². The van der Waals surface area contributed by atoms with Crippen LogP contribution in [0.1, 0.15) is 26.2 Å². The second-order valence-electron chi connectivity index (χ2n) is 4.93. The van der Waals surface area contributed by atoms with Gasteiger partial charge in [-0.3, -0.25) is 0 Å². The summed E-state index contributed by atoms with van der Waals surface area (Å²) in [5.74, 6) is -0.848. The number of carbonyl (C=O) groups is 2. The van der Waals surface area contributed by atoms with Crippen molar-refractivity contribution in [1.29, 1.82) is 5.26 Å². The minimum atomic E-state index is -1.00. The zero-order chi connectivity index (χ0) is 13.7. The summed E-state index contributed by atoms with van der Waals surface area (Å²) in [5.41, 5.74) is 0. The van der Waals surface area contributed by atoms with Crippen molar-refractivity contribution in [3.63, 3.8) is 0 Å². The Morgan fingerprint density at radius 1 is 1.56 bits per heavy atom. The van der Waals surface area contributed by atoms with Crippen LogP contribution < -0.4 is 5.32 Å². The summed E-state index contributed by atoms with van der Waals surface area (Å²) in [6.45, 7) is 2.00. The molecule has 18 heavy (non-hydrogen) atoms. The predicted octanol–water partition coefficient (Wildman–Crippen LogP) is 1.04. The van der Waals surface area contributed by atoms with Gasteiger partial charge in [0.15, 0.2) is 0 Å². The van der Waals surface area contributed by atoms with E-state index in [2.05, 4.69) is 5.32 Å². The lowest BCUT2D eigenvalue weighted by molar-refractivity contribution is -0.139. The summed E-state index contributed by atoms with van der Waals surface area (Å²) in [7, 11) is 1.55. The third-order valence-electron chi connectivity index (χ3n) is 2.98. The summed E-state index contributed by atoms with van der Waals surface area (Å²) in [5, 5.41) is 20.2. The molecular formula is C12H19N3O3. The largest absolute Gasteiger partial charge is 0.480 e. The van der Waals surface area contributed by atoms with Gasteiger partial charge in [-0.25, -0.2) is 9.59 Å². The molecule has 1 fully saturated rings. The second-order valence-corrected chi connectivity index (χ2v) is 4.93. The Kier molecular flexibility index (Phi) is 4.95. The first kappa shape index (κ1) is 14.3. The van der Waals surface area contributed by atoms with E-state index in [4.69, 9.17) is 10.4 Å². The highest BCUT2D eigenvalue weighted by molar-refractivity contribution is 5.82. The van der Waals surface area contributed by atoms with E-state index in [1.54, 1.807) is 14.0 Å². The van der Waals surface area contributed by atoms with Crippen molar-refractivity contribution in [2.45, 2.75) is 32.2 Å². The molecule has 1 saturated carbocycles. The molecule has 0 aromatic carbocycles. The molecule has 1 aliphatic carbocycles. The highest BCUT2D eigenvalue weighted by Crippen LogP contribution is 2.33. The number of nitrogens with zero attached hydrogens (tertiary/aromatic N) is 2. The molecule has 0 aromatic heterocycles. The molecule has 6 heteroatoms. The highest BCUT2D eigenvalue weighted by Gasteiger charge is 2.30. The molecular weight excluding hydrogens is 234 g/mol. The molecule has 2 amide bonds. The smallest absolute Gasteiger partial charge is 0.326 e. The summed E-state index contributed by atoms with van der Waals surface area (Å²) < 4.78 is 0. The average molecular weight is 253 g/mol. The van der Waals surface area contributed by atoms with Crippen molar-refractivity contribution in [1.82, 2.24) is 10.2 Å². The maximum Gasteiger partial charge on any atom is 0.326 e. The van der Waals surface area contributed by atoms with Gasteiger partial charge in [0, 0.05) is 13.6 Å². The molecule has 2 N–H and O–H groups in total. The standard InChI is InChI=1S/C12H19N3O3/c1-8(6-13)7-15(2)12(18)14-10(11(16)17)5-9-3-4-9/h8-10H,3-5,7H2,1-2H3,(H,14,18)(H,16,17). The molecule has 2 unspecified atom stereocenters. The topological polar surface area (TPSA) is 93.4 Å². The van der Waals surface area contributed by atoms with Crippen LogP contribution in [0.5, 0.6) is 0 Å². The van der Waals surface area contributed by atoms with Crippen LogP contribution in [0.25, 0.3) is 0 Å². The number of rotatable bonds is 6. The van der Waals surface area contributed by atoms with Crippen LogP contribution >= 0.6 is 0 Å². The van der Waals surface area contributed by atoms with Crippen LogP contribution in [0.4, 0.5) is 4.79 Å². The minimum Gasteiger partial charge on any atom is -0.480 e. The first-order chi connectivity index (χ1) is 8.43. The number of hydrogen-bond acceptors (Lipinski definition) is 3. The van der Waals surface area contributed by atoms with E-state index in [1.807, 2.05) is 6.07 Å². The molecule has 2 atom stereocenters. The average Bonchev–Trinajstić information content (AvgIpc) is 3.11. The number of urea groups is 1. The molecule has 0 saturated heterocycles. The molecule has 0 radical (unpaired) electrons. The maximum absolute atomic E-state index is 11.8. The van der Waals surface area contributed by atoms with Crippen molar-refractivity contribution >= 4 is 12.0 Å². The van der Waals surface area contributed by atoms with Crippen LogP contribution in [-0.4, -0.2) is 41.6 Å². The lowest BCUT2D eigenvalue weighted by Gasteiger charge is -2.22. The number of nitriles is 1. The fourth-order valence-corrected chi connectivity index (χ4v) is 1.70. The Hall–Kier alpha value is -1.77. The van der Waals surface area contributed by atoms with Crippen molar-refractivity contribution < 1.29 is 14.7 Å². The second kappa shape index (κ2) is 6.24. The lowest BCUT2D eigenvalue weighted by atomic mass is 10.1. The van der Waals surface area contributed by atoms with Crippen LogP contribution in [0.15, 0.2) is 0 Å². The summed E-state index contributed by atoms with van der Waals surface area (Å²) in [4.78, 5) is 24.1. The molecule has 1 aliphatic rings. The quantitative estimate of drug-likeness (QED) is 0.739. The van der Waals surface area contributed by atoms with E-state index in [1.165, 1.54) is 4.90 Å². The Morgan fingerprint density at radius 3 is 2.61 bits per heavy atom. The maximum atomic E-state index is 11.8. The molecule has 0 spiro atoms. The Morgan fingerprint density at radius 2 is 2.17 bits per heavy atom. The first-order valence-electron chi connectivity index (χ1n) is 6.08. The van der Waals surface area contributed by atoms with Crippen LogP contribution in [-0.2, 0) is 4.79 Å². The summed E-state index contributed by atoms with van der Waals surface area (Å²) >= 11 is 0. The van der Waals surface area contributed by atoms with Crippen LogP contribution in [0.2, 0.25) is 0 Å². The lowest BCUT2D eigenvalue weighted by Crippen LogP contribution is -2.47.